The molecule has 3 aromatic rings. The predicted molar refractivity (Wildman–Crippen MR) is 72.3 cm³/mol. The first-order chi connectivity index (χ1) is 9.66. The second-order valence-electron chi connectivity index (χ2n) is 4.57. The third-order valence-corrected chi connectivity index (χ3v) is 3.29. The van der Waals surface area contributed by atoms with Crippen LogP contribution in [0.3, 0.4) is 0 Å². The Labute approximate surface area is 115 Å². The summed E-state index contributed by atoms with van der Waals surface area (Å²) in [5.41, 5.74) is 3.09. The highest BCUT2D eigenvalue weighted by Crippen LogP contribution is 2.13. The van der Waals surface area contributed by atoms with Crippen molar-refractivity contribution in [1.29, 1.82) is 0 Å². The van der Waals surface area contributed by atoms with Crippen molar-refractivity contribution in [3.05, 3.63) is 53.2 Å². The topological polar surface area (TPSA) is 72.4 Å². The van der Waals surface area contributed by atoms with E-state index >= 15 is 0 Å². The average molecular weight is 270 g/mol. The van der Waals surface area contributed by atoms with Crippen LogP contribution in [0.2, 0.25) is 0 Å². The van der Waals surface area contributed by atoms with Crippen LogP contribution in [0.4, 0.5) is 0 Å². The molecule has 6 heteroatoms. The summed E-state index contributed by atoms with van der Waals surface area (Å²) < 4.78 is 6.75. The van der Waals surface area contributed by atoms with Gasteiger partial charge in [0.15, 0.2) is 0 Å². The highest BCUT2D eigenvalue weighted by molar-refractivity contribution is 6.00. The predicted octanol–water partition coefficient (Wildman–Crippen LogP) is 1.87. The third kappa shape index (κ3) is 2.05. The molecule has 0 aromatic carbocycles. The van der Waals surface area contributed by atoms with E-state index in [1.165, 1.54) is 0 Å². The number of nitrogens with zero attached hydrogens (tertiary/aromatic N) is 3. The average Bonchev–Trinajstić information content (AvgIpc) is 3.03. The molecule has 3 aromatic heterocycles. The molecule has 20 heavy (non-hydrogen) atoms. The summed E-state index contributed by atoms with van der Waals surface area (Å²) in [5, 5.41) is 10.9. The lowest BCUT2D eigenvalue weighted by molar-refractivity contribution is 0.0952. The summed E-state index contributed by atoms with van der Waals surface area (Å²) >= 11 is 0. The maximum Gasteiger partial charge on any atom is 0.253 e. The molecule has 102 valence electrons. The van der Waals surface area contributed by atoms with Gasteiger partial charge >= 0.3 is 0 Å². The van der Waals surface area contributed by atoms with Crippen LogP contribution in [0.15, 0.2) is 35.1 Å². The zero-order chi connectivity index (χ0) is 14.1. The molecule has 0 aliphatic heterocycles. The normalized spacial score (nSPS) is 10.9. The monoisotopic (exact) mass is 270 g/mol. The number of rotatable bonds is 3. The number of carbonyl (C=O) groups is 1. The van der Waals surface area contributed by atoms with E-state index in [1.54, 1.807) is 29.0 Å². The molecule has 3 rings (SSSR count). The molecule has 1 N–H and O–H groups in total. The lowest BCUT2D eigenvalue weighted by atomic mass is 10.2. The second kappa shape index (κ2) is 4.80. The van der Waals surface area contributed by atoms with Crippen molar-refractivity contribution in [2.45, 2.75) is 20.4 Å². The van der Waals surface area contributed by atoms with Crippen LogP contribution >= 0.6 is 0 Å². The van der Waals surface area contributed by atoms with Gasteiger partial charge in [-0.25, -0.2) is 4.52 Å². The maximum atomic E-state index is 12.3. The number of pyridine rings is 1. The lowest BCUT2D eigenvalue weighted by Gasteiger charge is -2.06. The van der Waals surface area contributed by atoms with Gasteiger partial charge in [-0.15, -0.1) is 0 Å². The number of amides is 1. The van der Waals surface area contributed by atoms with Gasteiger partial charge in [0.1, 0.15) is 5.76 Å². The molecular weight excluding hydrogens is 256 g/mol. The van der Waals surface area contributed by atoms with E-state index in [0.29, 0.717) is 12.1 Å². The van der Waals surface area contributed by atoms with Gasteiger partial charge in [-0.1, -0.05) is 5.16 Å². The molecule has 3 heterocycles. The molecule has 1 amide bonds. The summed E-state index contributed by atoms with van der Waals surface area (Å²) in [6, 6.07) is 5.38. The summed E-state index contributed by atoms with van der Waals surface area (Å²) in [4.78, 5) is 12.3. The van der Waals surface area contributed by atoms with E-state index in [-0.39, 0.29) is 5.91 Å². The number of hydrogen-bond acceptors (Lipinski definition) is 4. The Balaban J connectivity index is 1.82. The van der Waals surface area contributed by atoms with Crippen molar-refractivity contribution in [3.63, 3.8) is 0 Å². The first-order valence-electron chi connectivity index (χ1n) is 6.29. The van der Waals surface area contributed by atoms with Crippen molar-refractivity contribution < 1.29 is 9.32 Å². The highest BCUT2D eigenvalue weighted by Gasteiger charge is 2.13. The van der Waals surface area contributed by atoms with Gasteiger partial charge in [0.25, 0.3) is 5.91 Å². The van der Waals surface area contributed by atoms with Crippen LogP contribution in [-0.2, 0) is 6.54 Å². The zero-order valence-corrected chi connectivity index (χ0v) is 11.3. The van der Waals surface area contributed by atoms with Crippen molar-refractivity contribution in [2.24, 2.45) is 0 Å². The van der Waals surface area contributed by atoms with Gasteiger partial charge in [0.05, 0.1) is 23.0 Å². The standard InChI is InChI=1S/C14H14N4O2/c1-9-12(10(2)20-17-9)8-15-14(19)11-4-3-7-18-13(11)5-6-16-18/h3-7H,8H2,1-2H3,(H,15,19). The van der Waals surface area contributed by atoms with Gasteiger partial charge in [-0.2, -0.15) is 5.10 Å². The SMILES string of the molecule is Cc1noc(C)c1CNC(=O)c1cccn2nccc12. The second-order valence-corrected chi connectivity index (χ2v) is 4.57. The van der Waals surface area contributed by atoms with E-state index in [9.17, 15) is 4.79 Å². The van der Waals surface area contributed by atoms with Crippen LogP contribution in [0, 0.1) is 13.8 Å². The molecule has 0 saturated carbocycles. The van der Waals surface area contributed by atoms with Crippen molar-refractivity contribution in [3.8, 4) is 0 Å². The molecule has 0 atom stereocenters. The van der Waals surface area contributed by atoms with Crippen LogP contribution < -0.4 is 5.32 Å². The van der Waals surface area contributed by atoms with Crippen molar-refractivity contribution in [2.75, 3.05) is 0 Å². The number of aromatic nitrogens is 3. The molecule has 0 bridgehead atoms. The molecule has 0 fully saturated rings. The van der Waals surface area contributed by atoms with Crippen LogP contribution in [0.25, 0.3) is 5.52 Å². The van der Waals surface area contributed by atoms with E-state index in [0.717, 1.165) is 22.5 Å². The van der Waals surface area contributed by atoms with E-state index < -0.39 is 0 Å². The number of carbonyl (C=O) groups excluding carboxylic acids is 1. The lowest BCUT2D eigenvalue weighted by Crippen LogP contribution is -2.23. The van der Waals surface area contributed by atoms with Crippen LogP contribution in [0.5, 0.6) is 0 Å². The number of hydrogen-bond donors (Lipinski definition) is 1. The molecule has 0 radical (unpaired) electrons. The van der Waals surface area contributed by atoms with Gasteiger partial charge in [-0.05, 0) is 32.0 Å². The number of fused-ring (bicyclic) bond motifs is 1. The van der Waals surface area contributed by atoms with Gasteiger partial charge in [0.2, 0.25) is 0 Å². The third-order valence-electron chi connectivity index (χ3n) is 3.29. The molecule has 0 aliphatic carbocycles. The van der Waals surface area contributed by atoms with Gasteiger partial charge in [0, 0.05) is 18.3 Å². The smallest absolute Gasteiger partial charge is 0.253 e. The summed E-state index contributed by atoms with van der Waals surface area (Å²) in [6.07, 6.45) is 3.47. The number of nitrogens with one attached hydrogen (secondary N) is 1. The fourth-order valence-corrected chi connectivity index (χ4v) is 2.16. The molecule has 0 unspecified atom stereocenters. The molecule has 0 spiro atoms. The van der Waals surface area contributed by atoms with E-state index in [2.05, 4.69) is 15.6 Å². The largest absolute Gasteiger partial charge is 0.361 e. The Hall–Kier alpha value is -2.63. The highest BCUT2D eigenvalue weighted by atomic mass is 16.5. The molecule has 0 saturated heterocycles. The minimum atomic E-state index is -0.142. The fourth-order valence-electron chi connectivity index (χ4n) is 2.16. The minimum Gasteiger partial charge on any atom is -0.361 e. The van der Waals surface area contributed by atoms with E-state index in [1.807, 2.05) is 19.9 Å². The Kier molecular flexibility index (Phi) is 2.98. The molecule has 6 nitrogen and oxygen atoms in total. The summed E-state index contributed by atoms with van der Waals surface area (Å²) in [7, 11) is 0. The zero-order valence-electron chi connectivity index (χ0n) is 11.3. The Bertz CT molecular complexity index is 753. The Morgan fingerprint density at radius 2 is 2.25 bits per heavy atom. The van der Waals surface area contributed by atoms with Crippen molar-refractivity contribution >= 4 is 11.4 Å². The maximum absolute atomic E-state index is 12.3. The van der Waals surface area contributed by atoms with Gasteiger partial charge in [-0.3, -0.25) is 4.79 Å². The first-order valence-corrected chi connectivity index (χ1v) is 6.29. The molecule has 0 aliphatic rings. The number of aryl methyl sites for hydroxylation is 2. The van der Waals surface area contributed by atoms with Gasteiger partial charge < -0.3 is 9.84 Å². The van der Waals surface area contributed by atoms with E-state index in [4.69, 9.17) is 4.52 Å². The molecular formula is C14H14N4O2. The summed E-state index contributed by atoms with van der Waals surface area (Å²) in [5.74, 6) is 0.585. The van der Waals surface area contributed by atoms with Crippen molar-refractivity contribution in [1.82, 2.24) is 20.1 Å². The minimum absolute atomic E-state index is 0.142. The Morgan fingerprint density at radius 3 is 3.00 bits per heavy atom. The van der Waals surface area contributed by atoms with Crippen LogP contribution in [-0.4, -0.2) is 20.7 Å². The Morgan fingerprint density at radius 1 is 1.40 bits per heavy atom. The summed E-state index contributed by atoms with van der Waals surface area (Å²) in [6.45, 7) is 4.09. The first kappa shape index (κ1) is 12.4. The quantitative estimate of drug-likeness (QED) is 0.788. The van der Waals surface area contributed by atoms with Crippen LogP contribution in [0.1, 0.15) is 27.4 Å². The fraction of sp³-hybridized carbons (Fsp3) is 0.214.